The molecule has 1 heterocycles. The minimum absolute atomic E-state index is 0. The Bertz CT molecular complexity index is 1430. The zero-order chi connectivity index (χ0) is 23.5. The fourth-order valence-electron chi connectivity index (χ4n) is 4.43. The molecule has 0 bridgehead atoms. The second-order valence-electron chi connectivity index (χ2n) is 8.19. The molecule has 0 saturated carbocycles. The number of halogens is 1. The van der Waals surface area contributed by atoms with Gasteiger partial charge in [0, 0.05) is 23.1 Å². The van der Waals surface area contributed by atoms with Gasteiger partial charge in [0.05, 0.1) is 19.9 Å². The fourth-order valence-corrected chi connectivity index (χ4v) is 4.43. The lowest BCUT2D eigenvalue weighted by Gasteiger charge is -2.15. The van der Waals surface area contributed by atoms with Gasteiger partial charge < -0.3 is 19.2 Å². The van der Waals surface area contributed by atoms with Gasteiger partial charge in [-0.05, 0) is 47.9 Å². The van der Waals surface area contributed by atoms with Crippen molar-refractivity contribution in [2.24, 2.45) is 0 Å². The van der Waals surface area contributed by atoms with E-state index in [1.165, 1.54) is 0 Å². The first kappa shape index (κ1) is 24.2. The maximum atomic E-state index is 6.16. The van der Waals surface area contributed by atoms with E-state index >= 15 is 0 Å². The predicted octanol–water partition coefficient (Wildman–Crippen LogP) is 8.13. The smallest absolute Gasteiger partial charge is 0.141 e. The summed E-state index contributed by atoms with van der Waals surface area (Å²) in [5, 5.41) is 4.59. The van der Waals surface area contributed by atoms with Gasteiger partial charge in [-0.2, -0.15) is 0 Å². The van der Waals surface area contributed by atoms with Crippen molar-refractivity contribution in [2.45, 2.75) is 13.5 Å². The van der Waals surface area contributed by atoms with Crippen molar-refractivity contribution in [1.82, 2.24) is 0 Å². The summed E-state index contributed by atoms with van der Waals surface area (Å²) in [5.41, 5.74) is 7.30. The summed E-state index contributed by atoms with van der Waals surface area (Å²) in [6, 6.07) is 30.9. The molecule has 4 nitrogen and oxygen atoms in total. The van der Waals surface area contributed by atoms with E-state index in [0.29, 0.717) is 6.54 Å². The summed E-state index contributed by atoms with van der Waals surface area (Å²) in [7, 11) is 3.39. The van der Waals surface area contributed by atoms with Gasteiger partial charge >= 0.3 is 0 Å². The van der Waals surface area contributed by atoms with Crippen molar-refractivity contribution >= 4 is 29.1 Å². The van der Waals surface area contributed by atoms with Gasteiger partial charge in [-0.15, -0.1) is 12.4 Å². The highest BCUT2D eigenvalue weighted by atomic mass is 35.5. The van der Waals surface area contributed by atoms with Crippen LogP contribution in [0.4, 0.5) is 5.69 Å². The van der Waals surface area contributed by atoms with Crippen molar-refractivity contribution < 1.29 is 13.9 Å². The lowest BCUT2D eigenvalue weighted by Crippen LogP contribution is -2.03. The third-order valence-electron chi connectivity index (χ3n) is 6.11. The van der Waals surface area contributed by atoms with Crippen molar-refractivity contribution in [3.8, 4) is 33.8 Å². The average Bonchev–Trinajstić information content (AvgIpc) is 3.22. The van der Waals surface area contributed by atoms with Crippen molar-refractivity contribution in [3.63, 3.8) is 0 Å². The lowest BCUT2D eigenvalue weighted by molar-refractivity contribution is 0.410. The summed E-state index contributed by atoms with van der Waals surface area (Å²) in [5.74, 6) is 2.50. The molecule has 1 aromatic heterocycles. The number of rotatable bonds is 7. The van der Waals surface area contributed by atoms with Crippen LogP contribution in [0.15, 0.2) is 95.4 Å². The standard InChI is InChI=1S/C30H27NO3.ClH/c1-20-30(22-12-8-5-9-13-22)25-18-28(33-3)24(17-29(25)34-20)19-31-26-16-23(14-15-27(26)32-2)21-10-6-4-7-11-21;/h4-18,31H,19H2,1-3H3;1H. The minimum atomic E-state index is 0. The van der Waals surface area contributed by atoms with Gasteiger partial charge in [0.15, 0.2) is 0 Å². The molecule has 5 rings (SSSR count). The van der Waals surface area contributed by atoms with Crippen LogP contribution in [0.1, 0.15) is 11.3 Å². The number of nitrogens with one attached hydrogen (secondary N) is 1. The monoisotopic (exact) mass is 485 g/mol. The van der Waals surface area contributed by atoms with E-state index in [1.54, 1.807) is 14.2 Å². The first-order valence-electron chi connectivity index (χ1n) is 11.3. The summed E-state index contributed by atoms with van der Waals surface area (Å²) < 4.78 is 17.5. The van der Waals surface area contributed by atoms with Gasteiger partial charge in [0.1, 0.15) is 22.8 Å². The molecule has 0 unspecified atom stereocenters. The van der Waals surface area contributed by atoms with Crippen LogP contribution in [0, 0.1) is 6.92 Å². The Morgan fingerprint density at radius 2 is 1.37 bits per heavy atom. The van der Waals surface area contributed by atoms with Gasteiger partial charge in [0.2, 0.25) is 0 Å². The number of hydrogen-bond acceptors (Lipinski definition) is 4. The topological polar surface area (TPSA) is 43.6 Å². The number of ether oxygens (including phenoxy) is 2. The van der Waals surface area contributed by atoms with Crippen LogP contribution in [0.25, 0.3) is 33.2 Å². The molecule has 4 aromatic carbocycles. The molecule has 5 aromatic rings. The Hall–Kier alpha value is -3.89. The second-order valence-corrected chi connectivity index (χ2v) is 8.19. The Labute approximate surface area is 211 Å². The molecule has 1 N–H and O–H groups in total. The van der Waals surface area contributed by atoms with Crippen molar-refractivity contribution in [2.75, 3.05) is 19.5 Å². The van der Waals surface area contributed by atoms with Gasteiger partial charge in [-0.1, -0.05) is 66.7 Å². The molecule has 0 aliphatic heterocycles. The van der Waals surface area contributed by atoms with Crippen LogP contribution in [-0.4, -0.2) is 14.2 Å². The minimum Gasteiger partial charge on any atom is -0.496 e. The van der Waals surface area contributed by atoms with Crippen molar-refractivity contribution in [3.05, 3.63) is 102 Å². The lowest BCUT2D eigenvalue weighted by atomic mass is 10.0. The Balaban J connectivity index is 0.00000289. The van der Waals surface area contributed by atoms with E-state index in [2.05, 4.69) is 53.8 Å². The Morgan fingerprint density at radius 3 is 2.03 bits per heavy atom. The molecule has 0 amide bonds. The molecule has 5 heteroatoms. The zero-order valence-electron chi connectivity index (χ0n) is 20.0. The van der Waals surface area contributed by atoms with E-state index in [0.717, 1.165) is 61.7 Å². The number of furan rings is 1. The molecule has 0 radical (unpaired) electrons. The van der Waals surface area contributed by atoms with E-state index < -0.39 is 0 Å². The van der Waals surface area contributed by atoms with Crippen LogP contribution < -0.4 is 14.8 Å². The van der Waals surface area contributed by atoms with Crippen LogP contribution >= 0.6 is 12.4 Å². The highest BCUT2D eigenvalue weighted by molar-refractivity contribution is 5.97. The van der Waals surface area contributed by atoms with Gasteiger partial charge in [-0.25, -0.2) is 0 Å². The molecule has 0 aliphatic rings. The summed E-state index contributed by atoms with van der Waals surface area (Å²) in [6.07, 6.45) is 0. The molecular formula is C30H28ClNO3. The predicted molar refractivity (Wildman–Crippen MR) is 146 cm³/mol. The third-order valence-corrected chi connectivity index (χ3v) is 6.11. The molecule has 0 atom stereocenters. The quantitative estimate of drug-likeness (QED) is 0.253. The Morgan fingerprint density at radius 1 is 0.714 bits per heavy atom. The van der Waals surface area contributed by atoms with E-state index in [4.69, 9.17) is 13.9 Å². The SMILES string of the molecule is COc1cc2c(-c3ccccc3)c(C)oc2cc1CNc1cc(-c2ccccc2)ccc1OC.Cl. The van der Waals surface area contributed by atoms with Crippen LogP contribution in [-0.2, 0) is 6.54 Å². The third kappa shape index (κ3) is 4.84. The van der Waals surface area contributed by atoms with Crippen molar-refractivity contribution in [1.29, 1.82) is 0 Å². The summed E-state index contributed by atoms with van der Waals surface area (Å²) in [6.45, 7) is 2.57. The zero-order valence-corrected chi connectivity index (χ0v) is 20.8. The van der Waals surface area contributed by atoms with Crippen LogP contribution in [0.5, 0.6) is 11.5 Å². The number of hydrogen-bond donors (Lipinski definition) is 1. The first-order chi connectivity index (χ1) is 16.7. The van der Waals surface area contributed by atoms with Gasteiger partial charge in [-0.3, -0.25) is 0 Å². The molecule has 0 spiro atoms. The number of fused-ring (bicyclic) bond motifs is 1. The average molecular weight is 486 g/mol. The van der Waals surface area contributed by atoms with E-state index in [1.807, 2.05) is 49.4 Å². The van der Waals surface area contributed by atoms with Crippen LogP contribution in [0.2, 0.25) is 0 Å². The summed E-state index contributed by atoms with van der Waals surface area (Å²) in [4.78, 5) is 0. The van der Waals surface area contributed by atoms with Crippen LogP contribution in [0.3, 0.4) is 0 Å². The molecular weight excluding hydrogens is 458 g/mol. The first-order valence-corrected chi connectivity index (χ1v) is 11.3. The molecule has 178 valence electrons. The molecule has 35 heavy (non-hydrogen) atoms. The second kappa shape index (κ2) is 10.6. The normalized spacial score (nSPS) is 10.6. The maximum Gasteiger partial charge on any atom is 0.141 e. The highest BCUT2D eigenvalue weighted by Gasteiger charge is 2.17. The van der Waals surface area contributed by atoms with E-state index in [9.17, 15) is 0 Å². The maximum absolute atomic E-state index is 6.16. The molecule has 0 aliphatic carbocycles. The fraction of sp³-hybridized carbons (Fsp3) is 0.133. The number of methoxy groups -OCH3 is 2. The largest absolute Gasteiger partial charge is 0.496 e. The highest BCUT2D eigenvalue weighted by Crippen LogP contribution is 2.38. The number of anilines is 1. The van der Waals surface area contributed by atoms with E-state index in [-0.39, 0.29) is 12.4 Å². The molecule has 0 saturated heterocycles. The summed E-state index contributed by atoms with van der Waals surface area (Å²) >= 11 is 0. The Kier molecular flexibility index (Phi) is 7.33. The number of aryl methyl sites for hydroxylation is 1. The molecule has 0 fully saturated rings. The number of benzene rings is 4. The van der Waals surface area contributed by atoms with Gasteiger partial charge in [0.25, 0.3) is 0 Å².